The third-order valence-corrected chi connectivity index (χ3v) is 13.1. The second-order valence-electron chi connectivity index (χ2n) is 16.9. The molecule has 0 heterocycles. The van der Waals surface area contributed by atoms with E-state index in [0.29, 0.717) is 0 Å². The van der Waals surface area contributed by atoms with Gasteiger partial charge in [0.05, 0.1) is 0 Å². The largest absolute Gasteiger partial charge is 0.0622 e. The molecule has 0 saturated heterocycles. The first-order valence-electron chi connectivity index (χ1n) is 19.9. The molecule has 0 fully saturated rings. The molecule has 0 bridgehead atoms. The smallest absolute Gasteiger partial charge is 0.0159 e. The molecule has 9 aromatic rings. The molecule has 0 spiro atoms. The molecule has 0 radical (unpaired) electrons. The Hall–Kier alpha value is -6.50. The van der Waals surface area contributed by atoms with Crippen LogP contribution in [0.3, 0.4) is 0 Å². The van der Waals surface area contributed by atoms with Crippen molar-refractivity contribution in [1.29, 1.82) is 0 Å². The van der Waals surface area contributed by atoms with Crippen LogP contribution in [0.1, 0.15) is 49.9 Å². The van der Waals surface area contributed by atoms with Gasteiger partial charge in [0.25, 0.3) is 0 Å². The Kier molecular flexibility index (Phi) is 7.05. The van der Waals surface area contributed by atoms with E-state index < -0.39 is 0 Å². The third-order valence-electron chi connectivity index (χ3n) is 13.1. The molecule has 0 nitrogen and oxygen atoms in total. The maximum Gasteiger partial charge on any atom is 0.0159 e. The van der Waals surface area contributed by atoms with Crippen molar-refractivity contribution in [2.24, 2.45) is 0 Å². The Morgan fingerprint density at radius 3 is 1.16 bits per heavy atom. The minimum absolute atomic E-state index is 0.0245. The van der Waals surface area contributed by atoms with Crippen LogP contribution in [-0.2, 0) is 10.8 Å². The average Bonchev–Trinajstić information content (AvgIpc) is 3.61. The number of rotatable bonds is 4. The summed E-state index contributed by atoms with van der Waals surface area (Å²) in [5.74, 6) is 0. The van der Waals surface area contributed by atoms with Crippen molar-refractivity contribution in [2.45, 2.75) is 38.5 Å². The Morgan fingerprint density at radius 2 is 0.607 bits per heavy atom. The second kappa shape index (κ2) is 12.0. The number of hydrogen-bond donors (Lipinski definition) is 0. The minimum Gasteiger partial charge on any atom is -0.0622 e. The number of fused-ring (bicyclic) bond motifs is 8. The molecular formula is C56H42. The van der Waals surface area contributed by atoms with Gasteiger partial charge >= 0.3 is 0 Å². The molecular weight excluding hydrogens is 673 g/mol. The molecule has 0 aromatic heterocycles. The summed E-state index contributed by atoms with van der Waals surface area (Å²) in [6.07, 6.45) is 0. The highest BCUT2D eigenvalue weighted by Crippen LogP contribution is 2.53. The second-order valence-corrected chi connectivity index (χ2v) is 16.9. The van der Waals surface area contributed by atoms with Gasteiger partial charge in [0, 0.05) is 10.8 Å². The number of benzene rings is 9. The Balaban J connectivity index is 1.03. The van der Waals surface area contributed by atoms with Crippen LogP contribution >= 0.6 is 0 Å². The highest BCUT2D eigenvalue weighted by Gasteiger charge is 2.37. The predicted octanol–water partition coefficient (Wildman–Crippen LogP) is 15.3. The van der Waals surface area contributed by atoms with Crippen molar-refractivity contribution in [3.05, 3.63) is 204 Å². The van der Waals surface area contributed by atoms with Gasteiger partial charge in [-0.1, -0.05) is 185 Å². The third kappa shape index (κ3) is 4.72. The maximum absolute atomic E-state index is 2.49. The van der Waals surface area contributed by atoms with Crippen molar-refractivity contribution >= 4 is 21.5 Å². The lowest BCUT2D eigenvalue weighted by molar-refractivity contribution is 0.659. The summed E-state index contributed by atoms with van der Waals surface area (Å²) in [6, 6.07) is 68.2. The van der Waals surface area contributed by atoms with E-state index in [1.165, 1.54) is 111 Å². The summed E-state index contributed by atoms with van der Waals surface area (Å²) in [7, 11) is 0. The zero-order chi connectivity index (χ0) is 37.8. The fourth-order valence-electron chi connectivity index (χ4n) is 10.2. The first-order chi connectivity index (χ1) is 27.3. The minimum atomic E-state index is -0.160. The molecule has 266 valence electrons. The first kappa shape index (κ1) is 32.9. The van der Waals surface area contributed by atoms with Gasteiger partial charge in [0.2, 0.25) is 0 Å². The molecule has 56 heavy (non-hydrogen) atoms. The van der Waals surface area contributed by atoms with E-state index in [4.69, 9.17) is 0 Å². The molecule has 0 saturated carbocycles. The molecule has 0 N–H and O–H groups in total. The molecule has 0 atom stereocenters. The van der Waals surface area contributed by atoms with Crippen LogP contribution in [0.15, 0.2) is 182 Å². The topological polar surface area (TPSA) is 0 Å². The summed E-state index contributed by atoms with van der Waals surface area (Å²) >= 11 is 0. The lowest BCUT2D eigenvalue weighted by atomic mass is 9.79. The van der Waals surface area contributed by atoms with Gasteiger partial charge in [-0.05, 0) is 135 Å². The fourth-order valence-corrected chi connectivity index (χ4v) is 10.2. The van der Waals surface area contributed by atoms with Crippen molar-refractivity contribution in [2.75, 3.05) is 0 Å². The lowest BCUT2D eigenvalue weighted by Crippen LogP contribution is -2.15. The van der Waals surface area contributed by atoms with Crippen LogP contribution in [0.25, 0.3) is 88.3 Å². The lowest BCUT2D eigenvalue weighted by Gasteiger charge is -2.24. The van der Waals surface area contributed by atoms with E-state index in [1.807, 2.05) is 0 Å². The molecule has 11 rings (SSSR count). The van der Waals surface area contributed by atoms with Crippen molar-refractivity contribution in [3.63, 3.8) is 0 Å². The predicted molar refractivity (Wildman–Crippen MR) is 238 cm³/mol. The van der Waals surface area contributed by atoms with E-state index in [0.717, 1.165) is 0 Å². The van der Waals surface area contributed by atoms with Gasteiger partial charge in [-0.2, -0.15) is 0 Å². The molecule has 2 aliphatic rings. The Bertz CT molecular complexity index is 3010. The van der Waals surface area contributed by atoms with Crippen molar-refractivity contribution < 1.29 is 0 Å². The average molecular weight is 715 g/mol. The van der Waals surface area contributed by atoms with Gasteiger partial charge in [0.15, 0.2) is 0 Å². The van der Waals surface area contributed by atoms with Crippen LogP contribution in [-0.4, -0.2) is 0 Å². The summed E-state index contributed by atoms with van der Waals surface area (Å²) in [5.41, 5.74) is 21.0. The van der Waals surface area contributed by atoms with Gasteiger partial charge in [-0.15, -0.1) is 0 Å². The van der Waals surface area contributed by atoms with E-state index in [9.17, 15) is 0 Å². The monoisotopic (exact) mass is 714 g/mol. The molecule has 0 unspecified atom stereocenters. The SMILES string of the molecule is CC1(C)c2ccccc2-c2ccc(-c3ccc4c(c3)C(C)(C)c3cc(-c5c6ccccc6c(-c6cccc(-c7ccccc7)c6)c6ccccc56)ccc3-4)cc21. The zero-order valence-corrected chi connectivity index (χ0v) is 32.3. The van der Waals surface area contributed by atoms with Crippen molar-refractivity contribution in [1.82, 2.24) is 0 Å². The van der Waals surface area contributed by atoms with Crippen molar-refractivity contribution in [3.8, 4) is 66.8 Å². The summed E-state index contributed by atoms with van der Waals surface area (Å²) in [5, 5.41) is 5.12. The van der Waals surface area contributed by atoms with Crippen LogP contribution in [0, 0.1) is 0 Å². The van der Waals surface area contributed by atoms with Crippen LogP contribution < -0.4 is 0 Å². The fraction of sp³-hybridized carbons (Fsp3) is 0.107. The number of hydrogen-bond acceptors (Lipinski definition) is 0. The van der Waals surface area contributed by atoms with Gasteiger partial charge in [0.1, 0.15) is 0 Å². The van der Waals surface area contributed by atoms with Gasteiger partial charge in [-0.25, -0.2) is 0 Å². The van der Waals surface area contributed by atoms with E-state index in [2.05, 4.69) is 210 Å². The van der Waals surface area contributed by atoms with Gasteiger partial charge in [-0.3, -0.25) is 0 Å². The quantitative estimate of drug-likeness (QED) is 0.159. The van der Waals surface area contributed by atoms with Crippen LogP contribution in [0.2, 0.25) is 0 Å². The zero-order valence-electron chi connectivity index (χ0n) is 32.3. The van der Waals surface area contributed by atoms with E-state index >= 15 is 0 Å². The summed E-state index contributed by atoms with van der Waals surface area (Å²) in [4.78, 5) is 0. The summed E-state index contributed by atoms with van der Waals surface area (Å²) < 4.78 is 0. The molecule has 2 aliphatic carbocycles. The first-order valence-corrected chi connectivity index (χ1v) is 19.9. The van der Waals surface area contributed by atoms with Gasteiger partial charge < -0.3 is 0 Å². The highest BCUT2D eigenvalue weighted by molar-refractivity contribution is 6.21. The van der Waals surface area contributed by atoms with E-state index in [1.54, 1.807) is 0 Å². The normalized spacial score (nSPS) is 14.4. The molecule has 0 heteroatoms. The van der Waals surface area contributed by atoms with E-state index in [-0.39, 0.29) is 10.8 Å². The standard InChI is InChI=1S/C56H42/c1-55(2)49-24-13-12-19-41(49)42-28-25-37(32-50(42)55)38-26-29-43-44-30-27-40(34-52(44)56(3,4)51(43)33-38)54-47-22-10-8-20-45(47)53(46-21-9-11-23-48(46)54)39-18-14-17-36(31-39)35-15-6-5-7-16-35/h5-34H,1-4H3. The molecule has 0 aliphatic heterocycles. The summed E-state index contributed by atoms with van der Waals surface area (Å²) in [6.45, 7) is 9.55. The maximum atomic E-state index is 2.49. The molecule has 0 amide bonds. The highest BCUT2D eigenvalue weighted by atomic mass is 14.4. The Labute approximate surface area is 329 Å². The molecule has 9 aromatic carbocycles. The Morgan fingerprint density at radius 1 is 0.250 bits per heavy atom. The van der Waals surface area contributed by atoms with Crippen LogP contribution in [0.5, 0.6) is 0 Å². The van der Waals surface area contributed by atoms with Crippen LogP contribution in [0.4, 0.5) is 0 Å².